The first-order valence-electron chi connectivity index (χ1n) is 12.9. The van der Waals surface area contributed by atoms with E-state index in [1.807, 2.05) is 0 Å². The Balaban J connectivity index is 1.42. The lowest BCUT2D eigenvalue weighted by molar-refractivity contribution is -0.121. The third-order valence-electron chi connectivity index (χ3n) is 7.62. The number of carbonyl (C=O) groups excluding carboxylic acids is 2. The summed E-state index contributed by atoms with van der Waals surface area (Å²) in [5, 5.41) is 13.9. The van der Waals surface area contributed by atoms with Gasteiger partial charge in [-0.2, -0.15) is 0 Å². The van der Waals surface area contributed by atoms with Gasteiger partial charge in [0.15, 0.2) is 0 Å². The number of hydrogen-bond donors (Lipinski definition) is 3. The number of ether oxygens (including phenoxy) is 1. The van der Waals surface area contributed by atoms with E-state index in [1.54, 1.807) is 12.2 Å². The summed E-state index contributed by atoms with van der Waals surface area (Å²) in [4.78, 5) is 35.4. The van der Waals surface area contributed by atoms with Gasteiger partial charge in [0.05, 0.1) is 24.2 Å². The quantitative estimate of drug-likeness (QED) is 0.174. The van der Waals surface area contributed by atoms with E-state index < -0.39 is 68.1 Å². The number of fused-ring (bicyclic) bond motifs is 2. The zero-order valence-corrected chi connectivity index (χ0v) is 23.3. The summed E-state index contributed by atoms with van der Waals surface area (Å²) < 4.78 is 101. The molecule has 2 bridgehead atoms. The minimum absolute atomic E-state index is 0.0441. The van der Waals surface area contributed by atoms with Crippen LogP contribution >= 0.6 is 10.2 Å². The zero-order valence-electron chi connectivity index (χ0n) is 22.5. The number of allylic oxidation sites excluding steroid dienone is 1. The van der Waals surface area contributed by atoms with E-state index in [0.717, 1.165) is 6.07 Å². The van der Waals surface area contributed by atoms with Crippen molar-refractivity contribution in [2.24, 2.45) is 17.8 Å². The lowest BCUT2D eigenvalue weighted by atomic mass is 9.87. The summed E-state index contributed by atoms with van der Waals surface area (Å²) in [5.41, 5.74) is -0.819. The molecule has 0 heterocycles. The molecule has 2 aliphatic carbocycles. The van der Waals surface area contributed by atoms with Gasteiger partial charge in [-0.1, -0.05) is 43.7 Å². The molecule has 0 radical (unpaired) electrons. The summed E-state index contributed by atoms with van der Waals surface area (Å²) in [7, 11) is -9.06. The van der Waals surface area contributed by atoms with Crippen molar-refractivity contribution in [1.82, 2.24) is 5.32 Å². The van der Waals surface area contributed by atoms with E-state index in [0.29, 0.717) is 12.5 Å². The molecule has 0 saturated heterocycles. The first-order valence-corrected chi connectivity index (χ1v) is 14.9. The molecule has 0 unspecified atom stereocenters. The average Bonchev–Trinajstić information content (AvgIpc) is 3.53. The number of rotatable bonds is 8. The molecule has 3 aromatic rings. The van der Waals surface area contributed by atoms with Crippen molar-refractivity contribution in [2.45, 2.75) is 17.4 Å². The number of benzene rings is 3. The summed E-state index contributed by atoms with van der Waals surface area (Å²) >= 11 is 0. The van der Waals surface area contributed by atoms with E-state index >= 15 is 0 Å². The van der Waals surface area contributed by atoms with Crippen LogP contribution in [-0.2, 0) is 4.79 Å². The first-order chi connectivity index (χ1) is 20.3. The third kappa shape index (κ3) is 6.09. The van der Waals surface area contributed by atoms with Crippen molar-refractivity contribution in [3.63, 3.8) is 0 Å². The van der Waals surface area contributed by atoms with Gasteiger partial charge in [-0.3, -0.25) is 9.59 Å². The van der Waals surface area contributed by atoms with Crippen LogP contribution in [0.2, 0.25) is 0 Å². The summed E-state index contributed by atoms with van der Waals surface area (Å²) in [6, 6.07) is 6.50. The summed E-state index contributed by atoms with van der Waals surface area (Å²) in [5.74, 6) is -7.43. The van der Waals surface area contributed by atoms with Gasteiger partial charge < -0.3 is 20.5 Å². The van der Waals surface area contributed by atoms with Crippen molar-refractivity contribution in [1.29, 1.82) is 0 Å². The van der Waals surface area contributed by atoms with E-state index in [9.17, 15) is 42.6 Å². The Morgan fingerprint density at radius 3 is 2.18 bits per heavy atom. The molecule has 234 valence electrons. The maximum atomic E-state index is 15.0. The number of carbonyl (C=O) groups is 3. The molecule has 2 amide bonds. The zero-order chi connectivity index (χ0) is 32.3. The molecular formula is C29H23F7N2O5S. The molecule has 3 N–H and O–H groups in total. The highest BCUT2D eigenvalue weighted by atomic mass is 32.5. The third-order valence-corrected chi connectivity index (χ3v) is 8.75. The number of hydrogen-bond acceptors (Lipinski definition) is 4. The van der Waals surface area contributed by atoms with Gasteiger partial charge in [-0.15, -0.1) is 0 Å². The molecule has 44 heavy (non-hydrogen) atoms. The van der Waals surface area contributed by atoms with Crippen LogP contribution in [0.5, 0.6) is 5.75 Å². The number of aromatic carboxylic acids is 1. The molecule has 1 fully saturated rings. The fourth-order valence-electron chi connectivity index (χ4n) is 5.60. The van der Waals surface area contributed by atoms with Crippen LogP contribution in [-0.4, -0.2) is 36.0 Å². The number of methoxy groups -OCH3 is 1. The van der Waals surface area contributed by atoms with Crippen LogP contribution in [0.4, 0.5) is 33.9 Å². The second-order valence-corrected chi connectivity index (χ2v) is 12.9. The van der Waals surface area contributed by atoms with Gasteiger partial charge >= 0.3 is 16.2 Å². The number of anilines is 1. The van der Waals surface area contributed by atoms with Gasteiger partial charge in [0.1, 0.15) is 22.3 Å². The Bertz CT molecular complexity index is 1730. The fraction of sp³-hybridized carbons (Fsp3) is 0.207. The van der Waals surface area contributed by atoms with Gasteiger partial charge in [-0.25, -0.2) is 13.6 Å². The standard InChI is InChI=1S/C29H23F7N2O5S/c1-43-24-13-23(31)21(14-2-4-15(5-3-14)29(41)42)12-22(24)27(39)38-26-17-7-6-16(8-17)25(26)28(40)37-19-9-18(30)10-20(11-19)44(32,33,34,35)36/h2-7,9-13,16-17,25-26H,8H2,1H3,(H,37,40)(H,38,39)(H,41,42)/t16-,17+,25+,26-/m1/s1. The molecule has 4 atom stereocenters. The predicted molar refractivity (Wildman–Crippen MR) is 147 cm³/mol. The van der Waals surface area contributed by atoms with E-state index in [2.05, 4.69) is 10.6 Å². The molecule has 1 saturated carbocycles. The average molecular weight is 645 g/mol. The molecule has 7 nitrogen and oxygen atoms in total. The maximum absolute atomic E-state index is 15.0. The van der Waals surface area contributed by atoms with Gasteiger partial charge in [0.25, 0.3) is 5.91 Å². The van der Waals surface area contributed by atoms with Gasteiger partial charge in [-0.05, 0) is 60.2 Å². The van der Waals surface area contributed by atoms with Crippen LogP contribution in [0.3, 0.4) is 0 Å². The van der Waals surface area contributed by atoms with E-state index in [-0.39, 0.29) is 46.1 Å². The van der Waals surface area contributed by atoms with Crippen molar-refractivity contribution in [2.75, 3.05) is 12.4 Å². The topological polar surface area (TPSA) is 105 Å². The Labute approximate surface area is 245 Å². The second kappa shape index (κ2) is 10.0. The van der Waals surface area contributed by atoms with E-state index in [1.165, 1.54) is 37.4 Å². The molecular weight excluding hydrogens is 621 g/mol. The minimum atomic E-state index is -10.3. The molecule has 0 spiro atoms. The van der Waals surface area contributed by atoms with Gasteiger partial charge in [0, 0.05) is 23.4 Å². The Hall–Kier alpha value is -4.53. The summed E-state index contributed by atoms with van der Waals surface area (Å²) in [6.07, 6.45) is 3.80. The van der Waals surface area contributed by atoms with Crippen LogP contribution < -0.4 is 15.4 Å². The monoisotopic (exact) mass is 644 g/mol. The first kappa shape index (κ1) is 30.9. The molecule has 3 aromatic carbocycles. The lowest BCUT2D eigenvalue weighted by Crippen LogP contribution is -2.47. The number of carboxylic acid groups (broad SMARTS) is 1. The number of nitrogens with one attached hydrogen (secondary N) is 2. The van der Waals surface area contributed by atoms with Crippen molar-refractivity contribution in [3.05, 3.63) is 89.5 Å². The molecule has 15 heteroatoms. The van der Waals surface area contributed by atoms with Crippen LogP contribution in [0, 0.1) is 29.4 Å². The van der Waals surface area contributed by atoms with E-state index in [4.69, 9.17) is 9.84 Å². The molecule has 0 aromatic heterocycles. The highest BCUT2D eigenvalue weighted by Crippen LogP contribution is 3.02. The summed E-state index contributed by atoms with van der Waals surface area (Å²) in [6.45, 7) is 0. The Morgan fingerprint density at radius 1 is 0.909 bits per heavy atom. The largest absolute Gasteiger partial charge is 0.496 e. The highest BCUT2D eigenvalue weighted by molar-refractivity contribution is 8.45. The van der Waals surface area contributed by atoms with Crippen LogP contribution in [0.15, 0.2) is 71.6 Å². The lowest BCUT2D eigenvalue weighted by Gasteiger charge is -2.40. The highest BCUT2D eigenvalue weighted by Gasteiger charge is 2.65. The number of halogens is 7. The SMILES string of the molecule is COc1cc(F)c(-c2ccc(C(=O)O)cc2)cc1C(=O)N[C@H]1[C@@H](C(=O)Nc2cc(F)cc(S(F)(F)(F)(F)F)c2)[C@@H]2C=C[C@H]1C2. The maximum Gasteiger partial charge on any atom is 0.335 e. The van der Waals surface area contributed by atoms with Crippen molar-refractivity contribution in [3.8, 4) is 16.9 Å². The fourth-order valence-corrected chi connectivity index (χ4v) is 6.29. The normalized spacial score (nSPS) is 22.2. The smallest absolute Gasteiger partial charge is 0.335 e. The van der Waals surface area contributed by atoms with Gasteiger partial charge in [0.2, 0.25) is 5.91 Å². The van der Waals surface area contributed by atoms with Crippen molar-refractivity contribution >= 4 is 33.7 Å². The van der Waals surface area contributed by atoms with Crippen LogP contribution in [0.25, 0.3) is 11.1 Å². The van der Waals surface area contributed by atoms with Crippen LogP contribution in [0.1, 0.15) is 27.1 Å². The molecule has 5 rings (SSSR count). The van der Waals surface area contributed by atoms with Crippen molar-refractivity contribution < 1.29 is 52.4 Å². The Kier molecular flexibility index (Phi) is 7.03. The number of amides is 2. The molecule has 2 aliphatic rings. The minimum Gasteiger partial charge on any atom is -0.496 e. The number of carboxylic acids is 1. The predicted octanol–water partition coefficient (Wildman–Crippen LogP) is 7.56. The Morgan fingerprint density at radius 2 is 1.57 bits per heavy atom. The second-order valence-electron chi connectivity index (χ2n) is 10.5. The molecule has 0 aliphatic heterocycles.